The number of aryl methyl sites for hydroxylation is 1. The molecule has 7 nitrogen and oxygen atoms in total. The number of rotatable bonds is 3. The van der Waals surface area contributed by atoms with Crippen molar-refractivity contribution in [2.45, 2.75) is 0 Å². The highest BCUT2D eigenvalue weighted by Crippen LogP contribution is 2.31. The molecule has 4 rings (SSSR count). The smallest absolute Gasteiger partial charge is 0.257 e. The maximum absolute atomic E-state index is 13.0. The summed E-state index contributed by atoms with van der Waals surface area (Å²) in [5.74, 6) is 0.891. The van der Waals surface area contributed by atoms with Crippen LogP contribution in [0.2, 0.25) is 0 Å². The van der Waals surface area contributed by atoms with E-state index >= 15 is 0 Å². The Hall–Kier alpha value is -2.81. The monoisotopic (exact) mass is 397 g/mol. The molecule has 1 aliphatic rings. The van der Waals surface area contributed by atoms with Crippen molar-refractivity contribution < 1.29 is 17.9 Å². The first-order chi connectivity index (χ1) is 13.3. The van der Waals surface area contributed by atoms with Crippen molar-refractivity contribution in [1.82, 2.24) is 14.5 Å². The number of benzene rings is 1. The van der Waals surface area contributed by atoms with Gasteiger partial charge < -0.3 is 14.2 Å². The summed E-state index contributed by atoms with van der Waals surface area (Å²) in [6.07, 6.45) is 3.37. The number of hydrogen-bond donors (Lipinski definition) is 0. The maximum Gasteiger partial charge on any atom is 0.257 e. The summed E-state index contributed by atoms with van der Waals surface area (Å²) in [4.78, 5) is 19.0. The van der Waals surface area contributed by atoms with Crippen LogP contribution in [0.3, 0.4) is 0 Å². The van der Waals surface area contributed by atoms with E-state index in [0.717, 1.165) is 16.4 Å². The number of aromatic nitrogens is 2. The quantitative estimate of drug-likeness (QED) is 0.601. The number of carbonyl (C=O) groups is 1. The van der Waals surface area contributed by atoms with E-state index in [9.17, 15) is 13.2 Å². The molecule has 1 aromatic carbocycles. The number of hydrogen-bond acceptors (Lipinski definition) is 5. The molecule has 28 heavy (non-hydrogen) atoms. The second-order valence-corrected chi connectivity index (χ2v) is 9.33. The SMILES string of the molecule is Bc1cccc(Oc2ncc(C(=O)N3CCS(=O)(=O)CC3)c3c2ccn3C)c1. The Balaban J connectivity index is 1.69. The van der Waals surface area contributed by atoms with Gasteiger partial charge >= 0.3 is 0 Å². The van der Waals surface area contributed by atoms with Crippen LogP contribution in [-0.2, 0) is 16.9 Å². The predicted octanol–water partition coefficient (Wildman–Crippen LogP) is 0.495. The van der Waals surface area contributed by atoms with Crippen molar-refractivity contribution in [2.75, 3.05) is 24.6 Å². The minimum atomic E-state index is -3.05. The van der Waals surface area contributed by atoms with Gasteiger partial charge in [-0.05, 0) is 18.2 Å². The summed E-state index contributed by atoms with van der Waals surface area (Å²) in [7, 11) is 0.792. The Morgan fingerprint density at radius 3 is 2.68 bits per heavy atom. The summed E-state index contributed by atoms with van der Waals surface area (Å²) >= 11 is 0. The molecule has 0 unspecified atom stereocenters. The van der Waals surface area contributed by atoms with Gasteiger partial charge in [0.05, 0.1) is 28.0 Å². The number of pyridine rings is 1. The Bertz CT molecular complexity index is 1160. The largest absolute Gasteiger partial charge is 0.438 e. The fraction of sp³-hybridized carbons (Fsp3) is 0.263. The zero-order chi connectivity index (χ0) is 19.9. The molecular weight excluding hydrogens is 377 g/mol. The lowest BCUT2D eigenvalue weighted by Crippen LogP contribution is -2.43. The fourth-order valence-electron chi connectivity index (χ4n) is 3.41. The van der Waals surface area contributed by atoms with E-state index in [4.69, 9.17) is 4.74 Å². The molecule has 0 radical (unpaired) electrons. The molecule has 1 saturated heterocycles. The van der Waals surface area contributed by atoms with E-state index in [2.05, 4.69) is 4.98 Å². The lowest BCUT2D eigenvalue weighted by molar-refractivity contribution is 0.0771. The van der Waals surface area contributed by atoms with E-state index in [1.54, 1.807) is 4.90 Å². The van der Waals surface area contributed by atoms with Crippen LogP contribution >= 0.6 is 0 Å². The molecule has 2 aromatic heterocycles. The third-order valence-electron chi connectivity index (χ3n) is 4.94. The molecule has 0 saturated carbocycles. The van der Waals surface area contributed by atoms with Crippen LogP contribution in [0.15, 0.2) is 42.7 Å². The highest BCUT2D eigenvalue weighted by molar-refractivity contribution is 7.91. The van der Waals surface area contributed by atoms with Crippen molar-refractivity contribution in [2.24, 2.45) is 7.05 Å². The van der Waals surface area contributed by atoms with Gasteiger partial charge in [0.25, 0.3) is 5.91 Å². The number of nitrogens with zero attached hydrogens (tertiary/aromatic N) is 3. The summed E-state index contributed by atoms with van der Waals surface area (Å²) < 4.78 is 31.1. The van der Waals surface area contributed by atoms with Gasteiger partial charge in [-0.3, -0.25) is 4.79 Å². The van der Waals surface area contributed by atoms with E-state index in [0.29, 0.717) is 17.2 Å². The van der Waals surface area contributed by atoms with Crippen molar-refractivity contribution in [3.63, 3.8) is 0 Å². The van der Waals surface area contributed by atoms with Crippen LogP contribution in [0.25, 0.3) is 10.9 Å². The molecule has 1 fully saturated rings. The van der Waals surface area contributed by atoms with E-state index in [1.807, 2.05) is 56.0 Å². The van der Waals surface area contributed by atoms with Gasteiger partial charge in [-0.25, -0.2) is 13.4 Å². The van der Waals surface area contributed by atoms with Crippen molar-refractivity contribution in [1.29, 1.82) is 0 Å². The number of sulfone groups is 1. The number of ether oxygens (including phenoxy) is 1. The number of carbonyl (C=O) groups excluding carboxylic acids is 1. The molecule has 0 atom stereocenters. The van der Waals surface area contributed by atoms with Crippen LogP contribution in [-0.4, -0.2) is 61.2 Å². The molecule has 9 heteroatoms. The van der Waals surface area contributed by atoms with Gasteiger partial charge in [-0.2, -0.15) is 0 Å². The fourth-order valence-corrected chi connectivity index (χ4v) is 4.61. The molecular formula is C19H20BN3O4S. The highest BCUT2D eigenvalue weighted by atomic mass is 32.2. The molecule has 3 heterocycles. The second-order valence-electron chi connectivity index (χ2n) is 7.03. The van der Waals surface area contributed by atoms with Gasteiger partial charge in [0.2, 0.25) is 5.88 Å². The Kier molecular flexibility index (Phi) is 4.62. The molecule has 1 amide bonds. The molecule has 3 aromatic rings. The van der Waals surface area contributed by atoms with Crippen LogP contribution in [0.4, 0.5) is 0 Å². The van der Waals surface area contributed by atoms with Crippen LogP contribution in [0.1, 0.15) is 10.4 Å². The molecule has 0 bridgehead atoms. The summed E-state index contributed by atoms with van der Waals surface area (Å²) in [6.45, 7) is 0.406. The van der Waals surface area contributed by atoms with E-state index < -0.39 is 9.84 Å². The van der Waals surface area contributed by atoms with Crippen molar-refractivity contribution >= 4 is 40.0 Å². The third-order valence-corrected chi connectivity index (χ3v) is 6.54. The van der Waals surface area contributed by atoms with Crippen molar-refractivity contribution in [3.05, 3.63) is 48.3 Å². The Morgan fingerprint density at radius 1 is 1.21 bits per heavy atom. The summed E-state index contributed by atoms with van der Waals surface area (Å²) in [6, 6.07) is 9.54. The molecule has 0 spiro atoms. The van der Waals surface area contributed by atoms with Crippen molar-refractivity contribution in [3.8, 4) is 11.6 Å². The molecule has 0 aliphatic carbocycles. The number of amides is 1. The van der Waals surface area contributed by atoms with Gasteiger partial charge in [-0.15, -0.1) is 0 Å². The molecule has 144 valence electrons. The standard InChI is InChI=1S/C19H20BN3O4S/c1-22-6-5-15-17(22)16(19(24)23-7-9-28(25,26)10-8-23)12-21-18(15)27-14-4-2-3-13(20)11-14/h2-6,11-12H,7-10,20H2,1H3. The normalized spacial score (nSPS) is 16.2. The maximum atomic E-state index is 13.0. The number of fused-ring (bicyclic) bond motifs is 1. The second kappa shape index (κ2) is 6.98. The lowest BCUT2D eigenvalue weighted by Gasteiger charge is -2.27. The topological polar surface area (TPSA) is 81.5 Å². The third kappa shape index (κ3) is 3.49. The van der Waals surface area contributed by atoms with Crippen LogP contribution in [0.5, 0.6) is 11.6 Å². The molecule has 0 N–H and O–H groups in total. The van der Waals surface area contributed by atoms with Gasteiger partial charge in [-0.1, -0.05) is 17.6 Å². The lowest BCUT2D eigenvalue weighted by atomic mass is 9.96. The van der Waals surface area contributed by atoms with E-state index in [-0.39, 0.29) is 30.5 Å². The first-order valence-electron chi connectivity index (χ1n) is 9.02. The highest BCUT2D eigenvalue weighted by Gasteiger charge is 2.28. The van der Waals surface area contributed by atoms with Crippen LogP contribution in [0, 0.1) is 0 Å². The minimum absolute atomic E-state index is 0.00297. The average Bonchev–Trinajstić information content (AvgIpc) is 3.04. The molecule has 1 aliphatic heterocycles. The summed E-state index contributed by atoms with van der Waals surface area (Å²) in [5.41, 5.74) is 2.24. The van der Waals surface area contributed by atoms with Gasteiger partial charge in [0.1, 0.15) is 13.6 Å². The first kappa shape index (κ1) is 18.6. The Morgan fingerprint density at radius 2 is 1.96 bits per heavy atom. The van der Waals surface area contributed by atoms with Gasteiger partial charge in [0, 0.05) is 32.5 Å². The summed E-state index contributed by atoms with van der Waals surface area (Å²) in [5, 5.41) is 0.736. The minimum Gasteiger partial charge on any atom is -0.438 e. The zero-order valence-electron chi connectivity index (χ0n) is 15.8. The van der Waals surface area contributed by atoms with E-state index in [1.165, 1.54) is 6.20 Å². The van der Waals surface area contributed by atoms with Gasteiger partial charge in [0.15, 0.2) is 9.84 Å². The van der Waals surface area contributed by atoms with Crippen LogP contribution < -0.4 is 10.2 Å². The zero-order valence-corrected chi connectivity index (χ0v) is 16.6. The Labute approximate surface area is 164 Å². The average molecular weight is 397 g/mol. The first-order valence-corrected chi connectivity index (χ1v) is 10.8. The predicted molar refractivity (Wildman–Crippen MR) is 110 cm³/mol.